The van der Waals surface area contributed by atoms with Crippen molar-refractivity contribution in [3.05, 3.63) is 27.9 Å². The number of likely N-dealkylation sites (tertiary alicyclic amines) is 2. The number of hydrogen-bond acceptors (Lipinski definition) is 4. The van der Waals surface area contributed by atoms with E-state index in [2.05, 4.69) is 9.97 Å². The van der Waals surface area contributed by atoms with Crippen LogP contribution in [0.25, 0.3) is 0 Å². The first-order chi connectivity index (χ1) is 11.9. The Morgan fingerprint density at radius 1 is 1.32 bits per heavy atom. The van der Waals surface area contributed by atoms with E-state index in [-0.39, 0.29) is 29.2 Å². The van der Waals surface area contributed by atoms with Crippen molar-refractivity contribution in [3.8, 4) is 0 Å². The molecule has 136 valence electrons. The van der Waals surface area contributed by atoms with Gasteiger partial charge in [0.15, 0.2) is 0 Å². The van der Waals surface area contributed by atoms with Crippen LogP contribution in [-0.2, 0) is 16.0 Å². The predicted molar refractivity (Wildman–Crippen MR) is 93.0 cm³/mol. The Labute approximate surface area is 147 Å². The van der Waals surface area contributed by atoms with E-state index in [1.54, 1.807) is 6.92 Å². The van der Waals surface area contributed by atoms with E-state index in [0.717, 1.165) is 38.9 Å². The van der Waals surface area contributed by atoms with Gasteiger partial charge in [-0.2, -0.15) is 0 Å². The van der Waals surface area contributed by atoms with Crippen LogP contribution in [0.2, 0.25) is 0 Å². The predicted octanol–water partition coefficient (Wildman–Crippen LogP) is 0.872. The van der Waals surface area contributed by atoms with Gasteiger partial charge in [0, 0.05) is 49.8 Å². The summed E-state index contributed by atoms with van der Waals surface area (Å²) in [5.41, 5.74) is 0.174. The highest BCUT2D eigenvalue weighted by atomic mass is 16.2. The topological polar surface area (TPSA) is 86.4 Å². The molecule has 0 radical (unpaired) electrons. The van der Waals surface area contributed by atoms with Gasteiger partial charge < -0.3 is 14.8 Å². The van der Waals surface area contributed by atoms with E-state index in [4.69, 9.17) is 0 Å². The first-order valence-corrected chi connectivity index (χ1v) is 9.03. The van der Waals surface area contributed by atoms with Gasteiger partial charge in [-0.25, -0.2) is 4.98 Å². The average molecular weight is 346 g/mol. The van der Waals surface area contributed by atoms with Crippen molar-refractivity contribution in [1.82, 2.24) is 19.8 Å². The first kappa shape index (κ1) is 17.6. The van der Waals surface area contributed by atoms with E-state index < -0.39 is 0 Å². The fourth-order valence-electron chi connectivity index (χ4n) is 4.06. The van der Waals surface area contributed by atoms with Crippen LogP contribution in [0.3, 0.4) is 0 Å². The first-order valence-electron chi connectivity index (χ1n) is 9.03. The summed E-state index contributed by atoms with van der Waals surface area (Å²) in [5, 5.41) is 0. The molecule has 0 aromatic carbocycles. The third-order valence-corrected chi connectivity index (χ3v) is 5.49. The Morgan fingerprint density at radius 3 is 2.84 bits per heavy atom. The fraction of sp³-hybridized carbons (Fsp3) is 0.667. The number of nitrogens with zero attached hydrogens (tertiary/aromatic N) is 3. The number of nitrogens with one attached hydrogen (secondary N) is 1. The van der Waals surface area contributed by atoms with Crippen LogP contribution in [0.1, 0.15) is 44.0 Å². The number of H-pyrrole nitrogens is 1. The number of carbonyl (C=O) groups is 2. The maximum atomic E-state index is 12.7. The fourth-order valence-corrected chi connectivity index (χ4v) is 4.06. The Morgan fingerprint density at radius 2 is 2.12 bits per heavy atom. The van der Waals surface area contributed by atoms with Gasteiger partial charge in [0.2, 0.25) is 11.8 Å². The van der Waals surface area contributed by atoms with Crippen LogP contribution < -0.4 is 5.56 Å². The van der Waals surface area contributed by atoms with Crippen molar-refractivity contribution < 1.29 is 9.59 Å². The van der Waals surface area contributed by atoms with E-state index in [1.807, 2.05) is 16.7 Å². The number of aryl methyl sites for hydroxylation is 1. The van der Waals surface area contributed by atoms with E-state index in [9.17, 15) is 14.4 Å². The highest BCUT2D eigenvalue weighted by Crippen LogP contribution is 2.38. The smallest absolute Gasteiger partial charge is 0.254 e. The van der Waals surface area contributed by atoms with Gasteiger partial charge in [-0.15, -0.1) is 0 Å². The van der Waals surface area contributed by atoms with Gasteiger partial charge in [-0.05, 0) is 33.1 Å². The Hall–Kier alpha value is -2.18. The molecular formula is C18H26N4O3. The summed E-state index contributed by atoms with van der Waals surface area (Å²) in [4.78, 5) is 47.1. The molecule has 1 aromatic rings. The second kappa shape index (κ2) is 6.98. The quantitative estimate of drug-likeness (QED) is 0.880. The summed E-state index contributed by atoms with van der Waals surface area (Å²) >= 11 is 0. The SMILES string of the molecule is CCN1C[C@@]2(CCCN(C(=O)Cc3cnc(C)[nH]c3=O)C2)CCC1=O. The maximum Gasteiger partial charge on any atom is 0.254 e. The summed E-state index contributed by atoms with van der Waals surface area (Å²) in [7, 11) is 0. The molecule has 2 aliphatic rings. The van der Waals surface area contributed by atoms with Gasteiger partial charge in [0.1, 0.15) is 5.82 Å². The van der Waals surface area contributed by atoms with Gasteiger partial charge in [0.25, 0.3) is 5.56 Å². The lowest BCUT2D eigenvalue weighted by molar-refractivity contribution is -0.142. The minimum atomic E-state index is -0.243. The Bertz CT molecular complexity index is 729. The van der Waals surface area contributed by atoms with Crippen molar-refractivity contribution >= 4 is 11.8 Å². The lowest BCUT2D eigenvalue weighted by atomic mass is 9.73. The Balaban J connectivity index is 1.69. The molecule has 1 aromatic heterocycles. The molecular weight excluding hydrogens is 320 g/mol. The third-order valence-electron chi connectivity index (χ3n) is 5.49. The zero-order valence-electron chi connectivity index (χ0n) is 15.0. The maximum absolute atomic E-state index is 12.7. The Kier molecular flexibility index (Phi) is 4.92. The van der Waals surface area contributed by atoms with E-state index in [0.29, 0.717) is 24.4 Å². The molecule has 3 heterocycles. The van der Waals surface area contributed by atoms with Crippen LogP contribution in [0, 0.1) is 12.3 Å². The number of carbonyl (C=O) groups excluding carboxylic acids is 2. The summed E-state index contributed by atoms with van der Waals surface area (Å²) in [6.45, 7) is 6.56. The van der Waals surface area contributed by atoms with Crippen LogP contribution in [0.4, 0.5) is 0 Å². The number of aromatic nitrogens is 2. The molecule has 7 heteroatoms. The van der Waals surface area contributed by atoms with Gasteiger partial charge in [-0.1, -0.05) is 0 Å². The van der Waals surface area contributed by atoms with Crippen molar-refractivity contribution in [3.63, 3.8) is 0 Å². The second-order valence-corrected chi connectivity index (χ2v) is 7.33. The number of piperidine rings is 2. The lowest BCUT2D eigenvalue weighted by Crippen LogP contribution is -2.55. The van der Waals surface area contributed by atoms with Crippen molar-refractivity contribution in [2.24, 2.45) is 5.41 Å². The number of hydrogen-bond donors (Lipinski definition) is 1. The number of aromatic amines is 1. The molecule has 7 nitrogen and oxygen atoms in total. The molecule has 0 aliphatic carbocycles. The monoisotopic (exact) mass is 346 g/mol. The van der Waals surface area contributed by atoms with Gasteiger partial charge in [-0.3, -0.25) is 14.4 Å². The van der Waals surface area contributed by atoms with Gasteiger partial charge >= 0.3 is 0 Å². The molecule has 1 N–H and O–H groups in total. The molecule has 0 bridgehead atoms. The normalized spacial score (nSPS) is 24.0. The molecule has 25 heavy (non-hydrogen) atoms. The van der Waals surface area contributed by atoms with E-state index in [1.165, 1.54) is 6.20 Å². The molecule has 2 aliphatic heterocycles. The molecule has 0 unspecified atom stereocenters. The lowest BCUT2D eigenvalue weighted by Gasteiger charge is -2.48. The highest BCUT2D eigenvalue weighted by molar-refractivity contribution is 5.79. The standard InChI is InChI=1S/C18H26N4O3/c1-3-21-11-18(7-5-15(21)23)6-4-8-22(12-18)16(24)9-14-10-19-13(2)20-17(14)25/h10H,3-9,11-12H2,1-2H3,(H,19,20,25)/t18-/m1/s1. The average Bonchev–Trinajstić information content (AvgIpc) is 2.60. The molecule has 1 spiro atoms. The minimum absolute atomic E-state index is 0.00970. The second-order valence-electron chi connectivity index (χ2n) is 7.33. The zero-order chi connectivity index (χ0) is 18.0. The van der Waals surface area contributed by atoms with Gasteiger partial charge in [0.05, 0.1) is 6.42 Å². The highest BCUT2D eigenvalue weighted by Gasteiger charge is 2.42. The summed E-state index contributed by atoms with van der Waals surface area (Å²) < 4.78 is 0. The minimum Gasteiger partial charge on any atom is -0.342 e. The largest absolute Gasteiger partial charge is 0.342 e. The van der Waals surface area contributed by atoms with Crippen LogP contribution in [-0.4, -0.2) is 57.8 Å². The molecule has 1 atom stereocenters. The van der Waals surface area contributed by atoms with E-state index >= 15 is 0 Å². The molecule has 0 saturated carbocycles. The third kappa shape index (κ3) is 3.75. The molecule has 2 fully saturated rings. The van der Waals surface area contributed by atoms with Crippen LogP contribution in [0.15, 0.2) is 11.0 Å². The zero-order valence-corrected chi connectivity index (χ0v) is 15.0. The summed E-state index contributed by atoms with van der Waals surface area (Å²) in [6, 6.07) is 0. The van der Waals surface area contributed by atoms with Crippen molar-refractivity contribution in [2.45, 2.75) is 46.0 Å². The van der Waals surface area contributed by atoms with Crippen molar-refractivity contribution in [1.29, 1.82) is 0 Å². The van der Waals surface area contributed by atoms with Crippen LogP contribution >= 0.6 is 0 Å². The number of amides is 2. The number of rotatable bonds is 3. The molecule has 3 rings (SSSR count). The molecule has 2 amide bonds. The van der Waals surface area contributed by atoms with Crippen LogP contribution in [0.5, 0.6) is 0 Å². The molecule has 2 saturated heterocycles. The summed E-state index contributed by atoms with van der Waals surface area (Å²) in [5.74, 6) is 0.730. The summed E-state index contributed by atoms with van der Waals surface area (Å²) in [6.07, 6.45) is 4.97. The van der Waals surface area contributed by atoms with Crippen molar-refractivity contribution in [2.75, 3.05) is 26.2 Å².